The predicted molar refractivity (Wildman–Crippen MR) is 108 cm³/mol. The van der Waals surface area contributed by atoms with Crippen molar-refractivity contribution < 1.29 is 22.3 Å². The first-order chi connectivity index (χ1) is 12.7. The molecule has 158 valence electrons. The maximum atomic E-state index is 14.0. The van der Waals surface area contributed by atoms with Crippen LogP contribution in [0.15, 0.2) is 29.2 Å². The topological polar surface area (TPSA) is 63.7 Å². The standard InChI is InChI=1S/C19H26Cl2FNO4S/c1-18(2,3)27-17(24)23-15(11-22)14(10-19(23,4)5)12-6-8-13(9-7-12)28(25,26)16(20)21/h6-9,14-16H,10-11H2,1-5H3/t14-,15-/m1/s1. The van der Waals surface area contributed by atoms with E-state index in [0.29, 0.717) is 6.42 Å². The number of hydrogen-bond acceptors (Lipinski definition) is 4. The third-order valence-corrected chi connectivity index (χ3v) is 7.59. The number of sulfone groups is 1. The molecule has 1 aliphatic heterocycles. The van der Waals surface area contributed by atoms with Crippen molar-refractivity contribution in [2.24, 2.45) is 0 Å². The summed E-state index contributed by atoms with van der Waals surface area (Å²) < 4.78 is 42.1. The van der Waals surface area contributed by atoms with Gasteiger partial charge in [-0.15, -0.1) is 0 Å². The molecule has 5 nitrogen and oxygen atoms in total. The van der Waals surface area contributed by atoms with Crippen molar-refractivity contribution in [3.63, 3.8) is 0 Å². The van der Waals surface area contributed by atoms with E-state index < -0.39 is 44.0 Å². The molecule has 1 amide bonds. The van der Waals surface area contributed by atoms with E-state index in [9.17, 15) is 17.6 Å². The number of nitrogens with zero attached hydrogens (tertiary/aromatic N) is 1. The van der Waals surface area contributed by atoms with Crippen LogP contribution in [0.2, 0.25) is 0 Å². The van der Waals surface area contributed by atoms with Gasteiger partial charge < -0.3 is 4.74 Å². The largest absolute Gasteiger partial charge is 0.444 e. The third-order valence-electron chi connectivity index (χ3n) is 4.79. The van der Waals surface area contributed by atoms with Gasteiger partial charge in [0.1, 0.15) is 12.3 Å². The minimum absolute atomic E-state index is 0.00990. The molecule has 1 fully saturated rings. The Balaban J connectivity index is 2.35. The number of halogens is 3. The van der Waals surface area contributed by atoms with Crippen molar-refractivity contribution >= 4 is 39.1 Å². The van der Waals surface area contributed by atoms with Gasteiger partial charge in [-0.3, -0.25) is 4.90 Å². The molecule has 9 heteroatoms. The molecule has 0 bridgehead atoms. The summed E-state index contributed by atoms with van der Waals surface area (Å²) in [6.45, 7) is 8.27. The highest BCUT2D eigenvalue weighted by Gasteiger charge is 2.50. The van der Waals surface area contributed by atoms with Crippen molar-refractivity contribution in [2.75, 3.05) is 6.67 Å². The van der Waals surface area contributed by atoms with Crippen LogP contribution in [0.25, 0.3) is 0 Å². The van der Waals surface area contributed by atoms with E-state index in [1.165, 1.54) is 17.0 Å². The first kappa shape index (κ1) is 23.2. The molecule has 0 saturated carbocycles. The van der Waals surface area contributed by atoms with Crippen molar-refractivity contribution in [3.05, 3.63) is 29.8 Å². The number of benzene rings is 1. The summed E-state index contributed by atoms with van der Waals surface area (Å²) in [5.74, 6) is -0.299. The summed E-state index contributed by atoms with van der Waals surface area (Å²) in [4.78, 5) is 14.2. The van der Waals surface area contributed by atoms with Crippen LogP contribution in [0.4, 0.5) is 9.18 Å². The second kappa shape index (κ2) is 8.00. The Bertz CT molecular complexity index is 819. The van der Waals surface area contributed by atoms with Gasteiger partial charge in [-0.2, -0.15) is 0 Å². The lowest BCUT2D eigenvalue weighted by Gasteiger charge is -2.36. The Morgan fingerprint density at radius 3 is 2.25 bits per heavy atom. The highest BCUT2D eigenvalue weighted by molar-refractivity contribution is 7.94. The summed E-state index contributed by atoms with van der Waals surface area (Å²) in [5, 5.41) is 0. The van der Waals surface area contributed by atoms with E-state index in [-0.39, 0.29) is 10.8 Å². The number of rotatable bonds is 4. The average molecular weight is 454 g/mol. The average Bonchev–Trinajstić information content (AvgIpc) is 2.83. The molecule has 0 radical (unpaired) electrons. The van der Waals surface area contributed by atoms with Gasteiger partial charge in [-0.1, -0.05) is 35.3 Å². The van der Waals surface area contributed by atoms with Crippen LogP contribution >= 0.6 is 23.2 Å². The first-order valence-electron chi connectivity index (χ1n) is 8.91. The summed E-state index contributed by atoms with van der Waals surface area (Å²) >= 11 is 11.1. The normalized spacial score (nSPS) is 22.5. The van der Waals surface area contributed by atoms with Crippen molar-refractivity contribution in [1.29, 1.82) is 0 Å². The molecule has 2 rings (SSSR count). The van der Waals surface area contributed by atoms with Gasteiger partial charge in [0.15, 0.2) is 0 Å². The lowest BCUT2D eigenvalue weighted by Crippen LogP contribution is -2.50. The summed E-state index contributed by atoms with van der Waals surface area (Å²) in [6, 6.07) is 5.33. The number of alkyl halides is 3. The summed E-state index contributed by atoms with van der Waals surface area (Å²) in [7, 11) is -3.83. The Hall–Kier alpha value is -1.05. The number of likely N-dealkylation sites (tertiary alicyclic amines) is 1. The number of amides is 1. The van der Waals surface area contributed by atoms with Crippen molar-refractivity contribution in [2.45, 2.75) is 73.2 Å². The van der Waals surface area contributed by atoms with E-state index in [1.807, 2.05) is 13.8 Å². The fourth-order valence-corrected chi connectivity index (χ4v) is 4.96. The Kier molecular flexibility index (Phi) is 6.63. The van der Waals surface area contributed by atoms with Crippen LogP contribution in [-0.4, -0.2) is 47.4 Å². The van der Waals surface area contributed by atoms with Gasteiger partial charge in [-0.25, -0.2) is 17.6 Å². The SMILES string of the molecule is CC(C)(C)OC(=O)N1[C@H](CF)[C@@H](c2ccc(S(=O)(=O)C(Cl)Cl)cc2)CC1(C)C. The second-order valence-corrected chi connectivity index (χ2v) is 12.2. The van der Waals surface area contributed by atoms with Crippen molar-refractivity contribution in [3.8, 4) is 0 Å². The molecule has 0 aliphatic carbocycles. The maximum absolute atomic E-state index is 14.0. The third kappa shape index (κ3) is 4.74. The lowest BCUT2D eigenvalue weighted by molar-refractivity contribution is 0.000859. The maximum Gasteiger partial charge on any atom is 0.411 e. The molecule has 28 heavy (non-hydrogen) atoms. The zero-order valence-corrected chi connectivity index (χ0v) is 18.9. The second-order valence-electron chi connectivity index (χ2n) is 8.57. The number of hydrogen-bond donors (Lipinski definition) is 0. The fraction of sp³-hybridized carbons (Fsp3) is 0.632. The summed E-state index contributed by atoms with van der Waals surface area (Å²) in [5.41, 5.74) is -0.574. The van der Waals surface area contributed by atoms with Crippen LogP contribution in [-0.2, 0) is 14.6 Å². The Morgan fingerprint density at radius 2 is 1.82 bits per heavy atom. The van der Waals surface area contributed by atoms with Crippen LogP contribution in [0, 0.1) is 0 Å². The quantitative estimate of drug-likeness (QED) is 0.597. The van der Waals surface area contributed by atoms with E-state index in [2.05, 4.69) is 0 Å². The molecular weight excluding hydrogens is 428 g/mol. The van der Waals surface area contributed by atoms with E-state index in [0.717, 1.165) is 5.56 Å². The Morgan fingerprint density at radius 1 is 1.29 bits per heavy atom. The molecule has 2 atom stereocenters. The van der Waals surface area contributed by atoms with Gasteiger partial charge in [0.25, 0.3) is 0 Å². The molecule has 0 spiro atoms. The number of carbonyl (C=O) groups is 1. The van der Waals surface area contributed by atoms with Crippen LogP contribution < -0.4 is 0 Å². The van der Waals surface area contributed by atoms with Gasteiger partial charge in [0, 0.05) is 11.5 Å². The minimum Gasteiger partial charge on any atom is -0.444 e. The predicted octanol–water partition coefficient (Wildman–Crippen LogP) is 5.06. The molecule has 0 aromatic heterocycles. The summed E-state index contributed by atoms with van der Waals surface area (Å²) in [6.07, 6.45) is -0.0467. The van der Waals surface area contributed by atoms with Crippen LogP contribution in [0.3, 0.4) is 0 Å². The Labute approximate surface area is 176 Å². The zero-order chi connectivity index (χ0) is 21.5. The van der Waals surface area contributed by atoms with E-state index in [4.69, 9.17) is 27.9 Å². The highest BCUT2D eigenvalue weighted by atomic mass is 35.5. The molecule has 1 aliphatic rings. The van der Waals surface area contributed by atoms with Gasteiger partial charge in [-0.05, 0) is 58.7 Å². The van der Waals surface area contributed by atoms with E-state index >= 15 is 0 Å². The molecule has 1 aromatic carbocycles. The van der Waals surface area contributed by atoms with Gasteiger partial charge in [0.05, 0.1) is 10.9 Å². The van der Waals surface area contributed by atoms with Gasteiger partial charge >= 0.3 is 6.09 Å². The zero-order valence-electron chi connectivity index (χ0n) is 16.6. The highest BCUT2D eigenvalue weighted by Crippen LogP contribution is 2.44. The van der Waals surface area contributed by atoms with Crippen LogP contribution in [0.1, 0.15) is 52.5 Å². The van der Waals surface area contributed by atoms with E-state index in [1.54, 1.807) is 32.9 Å². The molecule has 1 aromatic rings. The van der Waals surface area contributed by atoms with Crippen LogP contribution in [0.5, 0.6) is 0 Å². The first-order valence-corrected chi connectivity index (χ1v) is 11.3. The van der Waals surface area contributed by atoms with Gasteiger partial charge in [0.2, 0.25) is 14.0 Å². The molecule has 1 saturated heterocycles. The number of carbonyl (C=O) groups excluding carboxylic acids is 1. The van der Waals surface area contributed by atoms with Crippen molar-refractivity contribution in [1.82, 2.24) is 4.90 Å². The minimum atomic E-state index is -3.83. The lowest BCUT2D eigenvalue weighted by atomic mass is 9.88. The molecule has 0 unspecified atom stereocenters. The smallest absolute Gasteiger partial charge is 0.411 e. The monoisotopic (exact) mass is 453 g/mol. The number of ether oxygens (including phenoxy) is 1. The molecule has 1 heterocycles. The molecule has 0 N–H and O–H groups in total. The molecular formula is C19H26Cl2FNO4S. The fourth-order valence-electron chi connectivity index (χ4n) is 3.62.